The normalized spacial score (nSPS) is 20.1. The van der Waals surface area contributed by atoms with E-state index >= 15 is 0 Å². The Morgan fingerprint density at radius 3 is 2.94 bits per heavy atom. The maximum Gasteiger partial charge on any atom is 0.414 e. The molecule has 1 N–H and O–H groups in total. The largest absolute Gasteiger partial charge is 0.441 e. The Morgan fingerprint density at radius 1 is 1.62 bits per heavy atom. The maximum absolute atomic E-state index is 13.3. The van der Waals surface area contributed by atoms with Gasteiger partial charge in [-0.3, -0.25) is 4.90 Å². The number of hydrogen-bond donors (Lipinski definition) is 1. The number of benzene rings is 1. The van der Waals surface area contributed by atoms with Crippen LogP contribution in [0.1, 0.15) is 0 Å². The number of hydrogen-bond acceptors (Lipinski definition) is 3. The molecule has 4 nitrogen and oxygen atoms in total. The third-order valence-electron chi connectivity index (χ3n) is 2.29. The van der Waals surface area contributed by atoms with Gasteiger partial charge in [-0.05, 0) is 40.8 Å². The van der Waals surface area contributed by atoms with Crippen LogP contribution in [0.3, 0.4) is 0 Å². The van der Waals surface area contributed by atoms with E-state index in [1.54, 1.807) is 12.1 Å². The van der Waals surface area contributed by atoms with Gasteiger partial charge < -0.3 is 9.84 Å². The first-order chi connectivity index (χ1) is 7.61. The van der Waals surface area contributed by atoms with Crippen molar-refractivity contribution in [2.45, 2.75) is 6.10 Å². The van der Waals surface area contributed by atoms with Crippen molar-refractivity contribution >= 4 is 34.4 Å². The lowest BCUT2D eigenvalue weighted by Gasteiger charge is -2.12. The second kappa shape index (κ2) is 4.54. The van der Waals surface area contributed by atoms with Crippen LogP contribution >= 0.6 is 22.6 Å². The molecule has 1 saturated heterocycles. The Morgan fingerprint density at radius 2 is 2.38 bits per heavy atom. The number of aliphatic hydroxyl groups is 1. The van der Waals surface area contributed by atoms with Crippen LogP contribution in [0, 0.1) is 9.39 Å². The first-order valence-electron chi connectivity index (χ1n) is 4.66. The molecule has 0 aliphatic carbocycles. The second-order valence-corrected chi connectivity index (χ2v) is 4.56. The molecule has 1 amide bonds. The number of anilines is 1. The van der Waals surface area contributed by atoms with Gasteiger partial charge in [0.15, 0.2) is 0 Å². The summed E-state index contributed by atoms with van der Waals surface area (Å²) in [6, 6.07) is 4.51. The Labute approximate surface area is 105 Å². The van der Waals surface area contributed by atoms with Crippen LogP contribution in [-0.4, -0.2) is 30.5 Å². The van der Waals surface area contributed by atoms with Gasteiger partial charge in [-0.1, -0.05) is 0 Å². The summed E-state index contributed by atoms with van der Waals surface area (Å²) in [6.45, 7) is 0.0183. The molecule has 1 heterocycles. The van der Waals surface area contributed by atoms with Crippen molar-refractivity contribution in [3.63, 3.8) is 0 Å². The third kappa shape index (κ3) is 2.12. The topological polar surface area (TPSA) is 49.8 Å². The first kappa shape index (κ1) is 11.6. The Bertz CT molecular complexity index is 427. The molecule has 0 spiro atoms. The summed E-state index contributed by atoms with van der Waals surface area (Å²) in [5.41, 5.74) is 0.443. The molecule has 86 valence electrons. The Balaban J connectivity index is 2.24. The van der Waals surface area contributed by atoms with Gasteiger partial charge >= 0.3 is 6.09 Å². The van der Waals surface area contributed by atoms with Crippen LogP contribution in [0.15, 0.2) is 18.2 Å². The number of carbonyl (C=O) groups is 1. The van der Waals surface area contributed by atoms with Crippen molar-refractivity contribution in [1.29, 1.82) is 0 Å². The highest BCUT2D eigenvalue weighted by Crippen LogP contribution is 2.24. The molecule has 1 aliphatic heterocycles. The van der Waals surface area contributed by atoms with Crippen molar-refractivity contribution < 1.29 is 19.0 Å². The molecule has 0 unspecified atom stereocenters. The third-order valence-corrected chi connectivity index (χ3v) is 3.17. The van der Waals surface area contributed by atoms with Crippen LogP contribution in [0.2, 0.25) is 0 Å². The van der Waals surface area contributed by atoms with Crippen LogP contribution in [0.4, 0.5) is 14.9 Å². The van der Waals surface area contributed by atoms with Gasteiger partial charge in [0.1, 0.15) is 11.9 Å². The average Bonchev–Trinajstić information content (AvgIpc) is 2.64. The van der Waals surface area contributed by atoms with E-state index in [2.05, 4.69) is 0 Å². The molecule has 1 atom stereocenters. The number of cyclic esters (lactones) is 1. The summed E-state index contributed by atoms with van der Waals surface area (Å²) in [5, 5.41) is 8.87. The van der Waals surface area contributed by atoms with Gasteiger partial charge in [0.05, 0.1) is 18.8 Å². The number of ether oxygens (including phenoxy) is 1. The summed E-state index contributed by atoms with van der Waals surface area (Å²) >= 11 is 1.87. The predicted molar refractivity (Wildman–Crippen MR) is 63.8 cm³/mol. The van der Waals surface area contributed by atoms with Gasteiger partial charge in [0.25, 0.3) is 0 Å². The number of carbonyl (C=O) groups excluding carboxylic acids is 1. The van der Waals surface area contributed by atoms with Crippen molar-refractivity contribution in [3.8, 4) is 0 Å². The van der Waals surface area contributed by atoms with Gasteiger partial charge in [0, 0.05) is 3.57 Å². The smallest absolute Gasteiger partial charge is 0.414 e. The van der Waals surface area contributed by atoms with Crippen LogP contribution in [-0.2, 0) is 4.74 Å². The standard InChI is InChI=1S/C10H9FINO3/c11-8-3-6(1-2-9(8)12)13-4-7(5-14)16-10(13)15/h1-3,7,14H,4-5H2/t7-/m0/s1. The summed E-state index contributed by atoms with van der Waals surface area (Å²) in [6.07, 6.45) is -1.09. The molecular weight excluding hydrogens is 328 g/mol. The van der Waals surface area contributed by atoms with Crippen molar-refractivity contribution in [2.75, 3.05) is 18.1 Å². The molecule has 0 bridgehead atoms. The number of rotatable bonds is 2. The fourth-order valence-corrected chi connectivity index (χ4v) is 1.82. The minimum atomic E-state index is -0.556. The molecule has 1 aromatic carbocycles. The highest BCUT2D eigenvalue weighted by Gasteiger charge is 2.31. The Kier molecular flexibility index (Phi) is 3.29. The van der Waals surface area contributed by atoms with Gasteiger partial charge in [-0.25, -0.2) is 9.18 Å². The molecule has 2 rings (SSSR count). The highest BCUT2D eigenvalue weighted by molar-refractivity contribution is 14.1. The minimum Gasteiger partial charge on any atom is -0.441 e. The molecule has 0 aromatic heterocycles. The van der Waals surface area contributed by atoms with Crippen LogP contribution < -0.4 is 4.90 Å². The quantitative estimate of drug-likeness (QED) is 0.837. The molecular formula is C10H9FINO3. The van der Waals surface area contributed by atoms with E-state index in [0.717, 1.165) is 0 Å². The van der Waals surface area contributed by atoms with Crippen molar-refractivity contribution in [1.82, 2.24) is 0 Å². The lowest BCUT2D eigenvalue weighted by Crippen LogP contribution is -2.25. The molecule has 1 aromatic rings. The summed E-state index contributed by atoms with van der Waals surface area (Å²) in [4.78, 5) is 12.7. The maximum atomic E-state index is 13.3. The van der Waals surface area contributed by atoms with E-state index in [4.69, 9.17) is 9.84 Å². The van der Waals surface area contributed by atoms with Crippen molar-refractivity contribution in [2.24, 2.45) is 0 Å². The molecule has 16 heavy (non-hydrogen) atoms. The summed E-state index contributed by atoms with van der Waals surface area (Å²) in [7, 11) is 0. The Hall–Kier alpha value is -0.890. The fourth-order valence-electron chi connectivity index (χ4n) is 1.48. The first-order valence-corrected chi connectivity index (χ1v) is 5.73. The molecule has 6 heteroatoms. The van der Waals surface area contributed by atoms with E-state index < -0.39 is 12.2 Å². The van der Waals surface area contributed by atoms with Crippen molar-refractivity contribution in [3.05, 3.63) is 27.6 Å². The monoisotopic (exact) mass is 337 g/mol. The predicted octanol–water partition coefficient (Wildman–Crippen LogP) is 1.75. The minimum absolute atomic E-state index is 0.227. The number of nitrogens with zero attached hydrogens (tertiary/aromatic N) is 1. The van der Waals surface area contributed by atoms with E-state index in [1.165, 1.54) is 11.0 Å². The highest BCUT2D eigenvalue weighted by atomic mass is 127. The van der Waals surface area contributed by atoms with E-state index in [9.17, 15) is 9.18 Å². The van der Waals surface area contributed by atoms with Crippen LogP contribution in [0.25, 0.3) is 0 Å². The fraction of sp³-hybridized carbons (Fsp3) is 0.300. The zero-order chi connectivity index (χ0) is 11.7. The van der Waals surface area contributed by atoms with E-state index in [0.29, 0.717) is 9.26 Å². The van der Waals surface area contributed by atoms with Gasteiger partial charge in [-0.15, -0.1) is 0 Å². The number of halogens is 2. The van der Waals surface area contributed by atoms with E-state index in [-0.39, 0.29) is 19.0 Å². The van der Waals surface area contributed by atoms with Gasteiger partial charge in [0.2, 0.25) is 0 Å². The summed E-state index contributed by atoms with van der Waals surface area (Å²) < 4.78 is 18.7. The lowest BCUT2D eigenvalue weighted by molar-refractivity contribution is 0.0963. The summed E-state index contributed by atoms with van der Waals surface area (Å²) in [5.74, 6) is -0.377. The van der Waals surface area contributed by atoms with Crippen LogP contribution in [0.5, 0.6) is 0 Å². The zero-order valence-corrected chi connectivity index (χ0v) is 10.3. The second-order valence-electron chi connectivity index (χ2n) is 3.40. The molecule has 1 aliphatic rings. The SMILES string of the molecule is O=C1O[C@H](CO)CN1c1ccc(I)c(F)c1. The molecule has 0 radical (unpaired) electrons. The number of amides is 1. The molecule has 0 saturated carbocycles. The van der Waals surface area contributed by atoms with E-state index in [1.807, 2.05) is 22.6 Å². The zero-order valence-electron chi connectivity index (χ0n) is 8.19. The molecule has 1 fully saturated rings. The average molecular weight is 337 g/mol. The lowest BCUT2D eigenvalue weighted by atomic mass is 10.2. The number of aliphatic hydroxyl groups excluding tert-OH is 1. The van der Waals surface area contributed by atoms with Gasteiger partial charge in [-0.2, -0.15) is 0 Å².